The molecule has 44 heavy (non-hydrogen) atoms. The summed E-state index contributed by atoms with van der Waals surface area (Å²) in [5.41, 5.74) is 11.9. The van der Waals surface area contributed by atoms with Crippen LogP contribution in [0.1, 0.15) is 172 Å². The summed E-state index contributed by atoms with van der Waals surface area (Å²) in [5.74, 6) is 0.276. The molecule has 1 nitrogen and oxygen atoms in total. The molecule has 0 saturated heterocycles. The van der Waals surface area contributed by atoms with Crippen molar-refractivity contribution in [3.05, 3.63) is 93.2 Å². The van der Waals surface area contributed by atoms with Gasteiger partial charge in [-0.05, 0) is 166 Å². The number of Topliss-reactive ketones (excluding diaryl/α,β-unsaturated/α-hetero) is 1. The molecule has 0 atom stereocenters. The summed E-state index contributed by atoms with van der Waals surface area (Å²) in [4.78, 5) is 11.1. The van der Waals surface area contributed by atoms with Gasteiger partial charge < -0.3 is 4.79 Å². The largest absolute Gasteiger partial charge is 0.300 e. The van der Waals surface area contributed by atoms with Crippen molar-refractivity contribution < 1.29 is 4.79 Å². The van der Waals surface area contributed by atoms with E-state index >= 15 is 0 Å². The van der Waals surface area contributed by atoms with Gasteiger partial charge >= 0.3 is 0 Å². The maximum Gasteiger partial charge on any atom is 0.130 e. The molecule has 0 aliphatic heterocycles. The van der Waals surface area contributed by atoms with E-state index in [0.717, 1.165) is 57.8 Å². The molecular weight excluding hydrogens is 532 g/mol. The molecule has 1 heteroatoms. The number of allylic oxidation sites excluding steroid dienone is 16. The Labute approximate surface area is 275 Å². The average Bonchev–Trinajstić information content (AvgIpc) is 2.92. The molecule has 0 N–H and O–H groups in total. The topological polar surface area (TPSA) is 17.1 Å². The first-order valence-electron chi connectivity index (χ1n) is 17.6. The molecule has 0 aromatic carbocycles. The van der Waals surface area contributed by atoms with Crippen LogP contribution in [0.15, 0.2) is 93.2 Å². The van der Waals surface area contributed by atoms with Crippen LogP contribution in [0.2, 0.25) is 0 Å². The smallest absolute Gasteiger partial charge is 0.130 e. The van der Waals surface area contributed by atoms with Gasteiger partial charge in [0.2, 0.25) is 0 Å². The number of hydrogen-bond acceptors (Lipinski definition) is 1. The third-order valence-electron chi connectivity index (χ3n) is 8.27. The second-order valence-corrected chi connectivity index (χ2v) is 13.6. The first-order chi connectivity index (χ1) is 20.9. The molecule has 0 fully saturated rings. The Hall–Kier alpha value is -2.41. The standard InChI is InChI=1S/C43H70O/c1-35(2)19-11-20-36(3)21-12-22-37(4)23-13-24-38(5)25-14-26-39(6)27-15-28-40(7)29-16-30-41(8)31-17-32-42(9)33-18-34-43(10)44/h19,21,23,25,27,29,31,33H,11-18,20,22,24,26,28,30,32,34H2,1-10H3/b36-21+,37-23+,38-25+,39-27+,40-29+,41-31+,42-33+. The highest BCUT2D eigenvalue weighted by molar-refractivity contribution is 5.75. The molecule has 0 unspecified atom stereocenters. The van der Waals surface area contributed by atoms with Crippen molar-refractivity contribution in [2.24, 2.45) is 0 Å². The van der Waals surface area contributed by atoms with E-state index in [0.29, 0.717) is 6.42 Å². The monoisotopic (exact) mass is 603 g/mol. The molecule has 248 valence electrons. The molecule has 0 aliphatic carbocycles. The number of hydrogen-bond donors (Lipinski definition) is 0. The van der Waals surface area contributed by atoms with E-state index in [9.17, 15) is 4.79 Å². The quantitative estimate of drug-likeness (QED) is 0.100. The van der Waals surface area contributed by atoms with Gasteiger partial charge in [-0.3, -0.25) is 0 Å². The van der Waals surface area contributed by atoms with Crippen LogP contribution >= 0.6 is 0 Å². The second kappa shape index (κ2) is 26.9. The van der Waals surface area contributed by atoms with E-state index < -0.39 is 0 Å². The fourth-order valence-corrected chi connectivity index (χ4v) is 5.10. The highest BCUT2D eigenvalue weighted by Crippen LogP contribution is 2.17. The van der Waals surface area contributed by atoms with E-state index in [1.807, 2.05) is 0 Å². The lowest BCUT2D eigenvalue weighted by Gasteiger charge is -2.04. The van der Waals surface area contributed by atoms with Crippen molar-refractivity contribution in [3.63, 3.8) is 0 Å². The second-order valence-electron chi connectivity index (χ2n) is 13.6. The molecular formula is C43H70O. The molecule has 0 heterocycles. The summed E-state index contributed by atoms with van der Waals surface area (Å²) in [6.07, 6.45) is 36.9. The van der Waals surface area contributed by atoms with Gasteiger partial charge in [0.1, 0.15) is 5.78 Å². The Bertz CT molecular complexity index is 1060. The van der Waals surface area contributed by atoms with Gasteiger partial charge in [-0.15, -0.1) is 0 Å². The van der Waals surface area contributed by atoms with Crippen molar-refractivity contribution in [3.8, 4) is 0 Å². The molecule has 0 aromatic heterocycles. The van der Waals surface area contributed by atoms with Crippen molar-refractivity contribution in [1.29, 1.82) is 0 Å². The van der Waals surface area contributed by atoms with Crippen LogP contribution in [0.3, 0.4) is 0 Å². The molecule has 0 amide bonds. The maximum atomic E-state index is 11.1. The van der Waals surface area contributed by atoms with Gasteiger partial charge in [0.25, 0.3) is 0 Å². The summed E-state index contributed by atoms with van der Waals surface area (Å²) >= 11 is 0. The number of carbonyl (C=O) groups excluding carboxylic acids is 1. The lowest BCUT2D eigenvalue weighted by Crippen LogP contribution is -1.87. The molecule has 0 bridgehead atoms. The fraction of sp³-hybridized carbons (Fsp3) is 0.605. The van der Waals surface area contributed by atoms with E-state index in [2.05, 4.69) is 111 Å². The minimum Gasteiger partial charge on any atom is -0.300 e. The summed E-state index contributed by atoms with van der Waals surface area (Å²) in [6, 6.07) is 0. The SMILES string of the molecule is CC(=O)CC/C=C(\C)CC/C=C(\C)CC/C=C(\C)CC/C=C(\C)CC/C=C(\C)CC/C=C(\C)CC/C=C(\C)CCC=C(C)C. The van der Waals surface area contributed by atoms with E-state index in [-0.39, 0.29) is 5.78 Å². The van der Waals surface area contributed by atoms with Gasteiger partial charge in [0.15, 0.2) is 0 Å². The van der Waals surface area contributed by atoms with Gasteiger partial charge in [-0.1, -0.05) is 93.2 Å². The zero-order valence-corrected chi connectivity index (χ0v) is 30.8. The van der Waals surface area contributed by atoms with Crippen LogP contribution in [0.4, 0.5) is 0 Å². The summed E-state index contributed by atoms with van der Waals surface area (Å²) in [6.45, 7) is 21.9. The highest BCUT2D eigenvalue weighted by atomic mass is 16.1. The van der Waals surface area contributed by atoms with Crippen LogP contribution in [-0.4, -0.2) is 5.78 Å². The van der Waals surface area contributed by atoms with Crippen LogP contribution in [0.25, 0.3) is 0 Å². The average molecular weight is 603 g/mol. The lowest BCUT2D eigenvalue weighted by atomic mass is 10.0. The molecule has 0 rings (SSSR count). The fourth-order valence-electron chi connectivity index (χ4n) is 5.10. The van der Waals surface area contributed by atoms with Crippen LogP contribution < -0.4 is 0 Å². The minimum atomic E-state index is 0.276. The maximum absolute atomic E-state index is 11.1. The van der Waals surface area contributed by atoms with Gasteiger partial charge in [-0.2, -0.15) is 0 Å². The van der Waals surface area contributed by atoms with Crippen LogP contribution in [0, 0.1) is 0 Å². The van der Waals surface area contributed by atoms with Gasteiger partial charge in [0.05, 0.1) is 0 Å². The van der Waals surface area contributed by atoms with Crippen molar-refractivity contribution in [1.82, 2.24) is 0 Å². The van der Waals surface area contributed by atoms with Crippen LogP contribution in [0.5, 0.6) is 0 Å². The number of rotatable bonds is 24. The Morgan fingerprint density at radius 1 is 0.295 bits per heavy atom. The summed E-state index contributed by atoms with van der Waals surface area (Å²) < 4.78 is 0. The Morgan fingerprint density at radius 2 is 0.477 bits per heavy atom. The normalized spacial score (nSPS) is 14.4. The highest BCUT2D eigenvalue weighted by Gasteiger charge is 1.97. The van der Waals surface area contributed by atoms with Crippen molar-refractivity contribution >= 4 is 5.78 Å². The zero-order chi connectivity index (χ0) is 33.2. The van der Waals surface area contributed by atoms with E-state index in [1.54, 1.807) is 6.92 Å². The predicted molar refractivity (Wildman–Crippen MR) is 200 cm³/mol. The first-order valence-corrected chi connectivity index (χ1v) is 17.6. The van der Waals surface area contributed by atoms with Crippen molar-refractivity contribution in [2.45, 2.75) is 172 Å². The molecule has 0 aromatic rings. The first kappa shape index (κ1) is 41.6. The van der Waals surface area contributed by atoms with Crippen LogP contribution in [-0.2, 0) is 4.79 Å². The van der Waals surface area contributed by atoms with E-state index in [4.69, 9.17) is 0 Å². The Kier molecular flexibility index (Phi) is 25.5. The zero-order valence-electron chi connectivity index (χ0n) is 30.8. The van der Waals surface area contributed by atoms with Crippen molar-refractivity contribution in [2.75, 3.05) is 0 Å². The molecule has 0 aliphatic rings. The molecule has 0 saturated carbocycles. The molecule has 0 radical (unpaired) electrons. The Morgan fingerprint density at radius 3 is 0.659 bits per heavy atom. The Balaban J connectivity index is 4.20. The third-order valence-corrected chi connectivity index (χ3v) is 8.27. The summed E-state index contributed by atoms with van der Waals surface area (Å²) in [7, 11) is 0. The number of carbonyl (C=O) groups is 1. The third kappa shape index (κ3) is 28.4. The predicted octanol–water partition coefficient (Wildman–Crippen LogP) is 14.4. The minimum absolute atomic E-state index is 0.276. The van der Waals surface area contributed by atoms with E-state index in [1.165, 1.54) is 83.1 Å². The van der Waals surface area contributed by atoms with Gasteiger partial charge in [-0.25, -0.2) is 0 Å². The lowest BCUT2D eigenvalue weighted by molar-refractivity contribution is -0.116. The van der Waals surface area contributed by atoms with Gasteiger partial charge in [0, 0.05) is 6.42 Å². The number of ketones is 1. The summed E-state index contributed by atoms with van der Waals surface area (Å²) in [5, 5.41) is 0. The molecule has 0 spiro atoms.